The topological polar surface area (TPSA) is 28.2 Å². The summed E-state index contributed by atoms with van der Waals surface area (Å²) in [4.78, 5) is 5.81. The van der Waals surface area contributed by atoms with Crippen molar-refractivity contribution in [1.29, 1.82) is 0 Å². The van der Waals surface area contributed by atoms with Crippen molar-refractivity contribution in [3.63, 3.8) is 0 Å². The van der Waals surface area contributed by atoms with E-state index in [1.165, 1.54) is 32.8 Å². The number of benzene rings is 2. The van der Waals surface area contributed by atoms with E-state index >= 15 is 0 Å². The Kier molecular flexibility index (Phi) is 4.84. The van der Waals surface area contributed by atoms with Crippen LogP contribution in [-0.2, 0) is 12.0 Å². The van der Waals surface area contributed by atoms with Crippen LogP contribution in [0.2, 0.25) is 0 Å². The summed E-state index contributed by atoms with van der Waals surface area (Å²) in [6.45, 7) is 11.9. The second kappa shape index (κ2) is 7.17. The van der Waals surface area contributed by atoms with E-state index in [1.807, 2.05) is 12.3 Å². The lowest BCUT2D eigenvalue weighted by Crippen LogP contribution is -2.15. The molecular weight excluding hydrogens is 362 g/mol. The first-order chi connectivity index (χ1) is 13.3. The summed E-state index contributed by atoms with van der Waals surface area (Å²) in [6.07, 6.45) is 1.85. The fraction of sp³-hybridized carbons (Fsp3) is 0.292. The minimum absolute atomic E-state index is 0.167. The van der Waals surface area contributed by atoms with Crippen molar-refractivity contribution in [2.75, 3.05) is 9.62 Å². The number of aromatic nitrogens is 1. The highest BCUT2D eigenvalue weighted by Crippen LogP contribution is 2.43. The molecule has 0 aliphatic carbocycles. The summed E-state index contributed by atoms with van der Waals surface area (Å²) in [7, 11) is 0. The molecule has 1 aromatic heterocycles. The average Bonchev–Trinajstić information content (AvgIpc) is 2.81. The highest BCUT2D eigenvalue weighted by atomic mass is 32.2. The van der Waals surface area contributed by atoms with Gasteiger partial charge in [-0.2, -0.15) is 0 Å². The molecule has 144 valence electrons. The molecule has 0 saturated heterocycles. The first-order valence-corrected chi connectivity index (χ1v) is 10.5. The summed E-state index contributed by atoms with van der Waals surface area (Å²) >= 11 is 1.79. The lowest BCUT2D eigenvalue weighted by molar-refractivity contribution is 0.590. The van der Waals surface area contributed by atoms with Crippen molar-refractivity contribution in [1.82, 2.24) is 4.98 Å². The van der Waals surface area contributed by atoms with Gasteiger partial charge in [0.25, 0.3) is 0 Å². The average molecular weight is 390 g/mol. The molecule has 0 atom stereocenters. The minimum atomic E-state index is 0.167. The molecule has 0 unspecified atom stereocenters. The monoisotopic (exact) mass is 389 g/mol. The van der Waals surface area contributed by atoms with Crippen molar-refractivity contribution < 1.29 is 0 Å². The van der Waals surface area contributed by atoms with Crippen LogP contribution in [0.15, 0.2) is 59.6 Å². The van der Waals surface area contributed by atoms with E-state index < -0.39 is 0 Å². The van der Waals surface area contributed by atoms with Crippen LogP contribution in [0.4, 0.5) is 17.2 Å². The molecule has 2 aromatic carbocycles. The zero-order chi connectivity index (χ0) is 19.9. The number of anilines is 3. The van der Waals surface area contributed by atoms with Gasteiger partial charge in [0, 0.05) is 16.7 Å². The Morgan fingerprint density at radius 2 is 1.75 bits per heavy atom. The van der Waals surface area contributed by atoms with Crippen LogP contribution in [0.25, 0.3) is 0 Å². The van der Waals surface area contributed by atoms with E-state index in [4.69, 9.17) is 0 Å². The van der Waals surface area contributed by atoms with E-state index in [2.05, 4.69) is 91.7 Å². The van der Waals surface area contributed by atoms with Crippen LogP contribution in [0.3, 0.4) is 0 Å². The normalized spacial score (nSPS) is 13.4. The van der Waals surface area contributed by atoms with Crippen molar-refractivity contribution in [2.24, 2.45) is 0 Å². The van der Waals surface area contributed by atoms with Crippen LogP contribution in [0.5, 0.6) is 0 Å². The van der Waals surface area contributed by atoms with Gasteiger partial charge in [0.05, 0.1) is 17.9 Å². The molecule has 4 heteroatoms. The molecule has 2 heterocycles. The van der Waals surface area contributed by atoms with Crippen LogP contribution in [0.1, 0.15) is 43.0 Å². The van der Waals surface area contributed by atoms with Crippen molar-refractivity contribution >= 4 is 29.1 Å². The second-order valence-corrected chi connectivity index (χ2v) is 9.54. The molecule has 0 spiro atoms. The van der Waals surface area contributed by atoms with E-state index in [0.29, 0.717) is 0 Å². The first-order valence-electron chi connectivity index (χ1n) is 9.70. The first kappa shape index (κ1) is 18.9. The van der Waals surface area contributed by atoms with E-state index in [1.54, 1.807) is 11.9 Å². The quantitative estimate of drug-likeness (QED) is 0.490. The van der Waals surface area contributed by atoms with Gasteiger partial charge in [0.1, 0.15) is 5.82 Å². The Hall–Kier alpha value is -2.46. The highest BCUT2D eigenvalue weighted by molar-refractivity contribution is 8.00. The Bertz CT molecular complexity index is 1000. The van der Waals surface area contributed by atoms with Crippen LogP contribution >= 0.6 is 11.9 Å². The SMILES string of the molecule is Cc1ccc2c(c1C)N(Sc1ccc(C(C)(C)C)cc1)Cc1cccnc1N2. The number of nitrogens with zero attached hydrogens (tertiary/aromatic N) is 2. The lowest BCUT2D eigenvalue weighted by Gasteiger charge is -2.26. The number of nitrogens with one attached hydrogen (secondary N) is 1. The number of hydrogen-bond donors (Lipinski definition) is 1. The summed E-state index contributed by atoms with van der Waals surface area (Å²) in [5.74, 6) is 0.943. The molecular formula is C24H27N3S. The lowest BCUT2D eigenvalue weighted by atomic mass is 9.87. The molecule has 3 aromatic rings. The second-order valence-electron chi connectivity index (χ2n) is 8.44. The molecule has 1 aliphatic heterocycles. The highest BCUT2D eigenvalue weighted by Gasteiger charge is 2.23. The van der Waals surface area contributed by atoms with Gasteiger partial charge in [-0.05, 0) is 72.2 Å². The fourth-order valence-corrected chi connectivity index (χ4v) is 4.53. The van der Waals surface area contributed by atoms with Gasteiger partial charge in [-0.25, -0.2) is 4.98 Å². The van der Waals surface area contributed by atoms with E-state index in [0.717, 1.165) is 18.1 Å². The Labute approximate surface area is 172 Å². The van der Waals surface area contributed by atoms with Gasteiger partial charge in [-0.1, -0.05) is 45.0 Å². The summed E-state index contributed by atoms with van der Waals surface area (Å²) in [6, 6.07) is 17.5. The Morgan fingerprint density at radius 1 is 1.00 bits per heavy atom. The smallest absolute Gasteiger partial charge is 0.135 e. The molecule has 0 bridgehead atoms. The number of hydrogen-bond acceptors (Lipinski definition) is 4. The van der Waals surface area contributed by atoms with Gasteiger partial charge in [0.2, 0.25) is 0 Å². The van der Waals surface area contributed by atoms with Crippen LogP contribution in [-0.4, -0.2) is 4.98 Å². The molecule has 3 nitrogen and oxygen atoms in total. The Morgan fingerprint density at radius 3 is 2.46 bits per heavy atom. The number of pyridine rings is 1. The fourth-order valence-electron chi connectivity index (χ4n) is 3.48. The number of rotatable bonds is 2. The third kappa shape index (κ3) is 3.61. The summed E-state index contributed by atoms with van der Waals surface area (Å²) < 4.78 is 2.39. The third-order valence-electron chi connectivity index (χ3n) is 5.35. The van der Waals surface area contributed by atoms with Crippen LogP contribution < -0.4 is 9.62 Å². The van der Waals surface area contributed by atoms with Crippen molar-refractivity contribution in [2.45, 2.75) is 51.5 Å². The molecule has 28 heavy (non-hydrogen) atoms. The van der Waals surface area contributed by atoms with Crippen LogP contribution in [0, 0.1) is 13.8 Å². The third-order valence-corrected chi connectivity index (χ3v) is 6.36. The van der Waals surface area contributed by atoms with E-state index in [9.17, 15) is 0 Å². The van der Waals surface area contributed by atoms with Crippen molar-refractivity contribution in [3.8, 4) is 0 Å². The molecule has 0 radical (unpaired) electrons. The van der Waals surface area contributed by atoms with Gasteiger partial charge in [-0.15, -0.1) is 0 Å². The predicted molar refractivity (Wildman–Crippen MR) is 121 cm³/mol. The van der Waals surface area contributed by atoms with Crippen molar-refractivity contribution in [3.05, 3.63) is 77.0 Å². The minimum Gasteiger partial charge on any atom is -0.338 e. The van der Waals surface area contributed by atoms with Gasteiger partial charge in [0.15, 0.2) is 0 Å². The zero-order valence-electron chi connectivity index (χ0n) is 17.2. The molecule has 4 rings (SSSR count). The molecule has 0 saturated carbocycles. The van der Waals surface area contributed by atoms with Gasteiger partial charge >= 0.3 is 0 Å². The van der Waals surface area contributed by atoms with Gasteiger partial charge < -0.3 is 9.62 Å². The molecule has 0 amide bonds. The molecule has 0 fully saturated rings. The maximum absolute atomic E-state index is 4.56. The molecule has 1 N–H and O–H groups in total. The summed E-state index contributed by atoms with van der Waals surface area (Å²) in [5, 5.41) is 3.55. The maximum atomic E-state index is 4.56. The largest absolute Gasteiger partial charge is 0.338 e. The number of fused-ring (bicyclic) bond motifs is 2. The number of aryl methyl sites for hydroxylation is 1. The van der Waals surface area contributed by atoms with E-state index in [-0.39, 0.29) is 5.41 Å². The molecule has 1 aliphatic rings. The standard InChI is InChI=1S/C24H27N3S/c1-16-8-13-21-22(17(16)2)27(15-18-7-6-14-25-23(18)26-21)28-20-11-9-19(10-12-20)24(3,4)5/h6-14H,15H2,1-5H3,(H,25,26). The maximum Gasteiger partial charge on any atom is 0.135 e. The van der Waals surface area contributed by atoms with Gasteiger partial charge in [-0.3, -0.25) is 0 Å². The Balaban J connectivity index is 1.74. The zero-order valence-corrected chi connectivity index (χ0v) is 18.0. The summed E-state index contributed by atoms with van der Waals surface area (Å²) in [5.41, 5.74) is 7.68. The predicted octanol–water partition coefficient (Wildman–Crippen LogP) is 6.77.